The monoisotopic (exact) mass is 224 g/mol. The average molecular weight is 224 g/mol. The topological polar surface area (TPSA) is 15.3 Å². The third-order valence-electron chi connectivity index (χ3n) is 3.05. The van der Waals surface area contributed by atoms with E-state index in [1.807, 2.05) is 11.3 Å². The first-order chi connectivity index (χ1) is 7.38. The van der Waals surface area contributed by atoms with Gasteiger partial charge in [-0.05, 0) is 37.4 Å². The minimum atomic E-state index is 0.727. The van der Waals surface area contributed by atoms with Gasteiger partial charge in [0.05, 0.1) is 0 Å². The van der Waals surface area contributed by atoms with Crippen LogP contribution in [0.1, 0.15) is 24.6 Å². The number of nitrogens with zero attached hydrogens (tertiary/aromatic N) is 1. The molecule has 1 atom stereocenters. The van der Waals surface area contributed by atoms with Gasteiger partial charge in [-0.2, -0.15) is 0 Å². The smallest absolute Gasteiger partial charge is 0.0328 e. The lowest BCUT2D eigenvalue weighted by Gasteiger charge is -2.23. The average Bonchev–Trinajstić information content (AvgIpc) is 2.89. The van der Waals surface area contributed by atoms with Gasteiger partial charge < -0.3 is 5.32 Å². The van der Waals surface area contributed by atoms with E-state index >= 15 is 0 Å². The Morgan fingerprint density at radius 1 is 1.60 bits per heavy atom. The molecule has 1 aliphatic heterocycles. The van der Waals surface area contributed by atoms with Crippen molar-refractivity contribution in [3.8, 4) is 0 Å². The van der Waals surface area contributed by atoms with Crippen molar-refractivity contribution in [1.82, 2.24) is 10.2 Å². The number of rotatable bonds is 5. The predicted octanol–water partition coefficient (Wildman–Crippen LogP) is 2.32. The van der Waals surface area contributed by atoms with Crippen molar-refractivity contribution in [2.45, 2.75) is 32.4 Å². The molecule has 3 heteroatoms. The highest BCUT2D eigenvalue weighted by Gasteiger charge is 2.17. The Balaban J connectivity index is 1.81. The molecular formula is C12H20N2S. The maximum Gasteiger partial charge on any atom is 0.0328 e. The van der Waals surface area contributed by atoms with E-state index in [2.05, 4.69) is 34.7 Å². The highest BCUT2D eigenvalue weighted by Crippen LogP contribution is 2.13. The SMILES string of the molecule is CCN(Cc1cccs1)CC1CCCN1. The molecule has 1 aliphatic rings. The number of nitrogens with one attached hydrogen (secondary N) is 1. The van der Waals surface area contributed by atoms with Crippen LogP contribution in [0.25, 0.3) is 0 Å². The molecule has 2 rings (SSSR count). The molecule has 1 saturated heterocycles. The fraction of sp³-hybridized carbons (Fsp3) is 0.667. The summed E-state index contributed by atoms with van der Waals surface area (Å²) in [7, 11) is 0. The third-order valence-corrected chi connectivity index (χ3v) is 3.91. The molecule has 15 heavy (non-hydrogen) atoms. The van der Waals surface area contributed by atoms with Crippen LogP contribution >= 0.6 is 11.3 Å². The molecule has 1 aromatic heterocycles. The Morgan fingerprint density at radius 3 is 3.13 bits per heavy atom. The van der Waals surface area contributed by atoms with Crippen molar-refractivity contribution in [3.63, 3.8) is 0 Å². The molecule has 1 fully saturated rings. The van der Waals surface area contributed by atoms with Crippen LogP contribution < -0.4 is 5.32 Å². The summed E-state index contributed by atoms with van der Waals surface area (Å²) in [5.41, 5.74) is 0. The quantitative estimate of drug-likeness (QED) is 0.826. The van der Waals surface area contributed by atoms with Gasteiger partial charge in [0.1, 0.15) is 0 Å². The lowest BCUT2D eigenvalue weighted by molar-refractivity contribution is 0.255. The Hall–Kier alpha value is -0.380. The van der Waals surface area contributed by atoms with Gasteiger partial charge in [-0.15, -0.1) is 11.3 Å². The van der Waals surface area contributed by atoms with Crippen molar-refractivity contribution >= 4 is 11.3 Å². The van der Waals surface area contributed by atoms with Crippen LogP contribution in [-0.4, -0.2) is 30.6 Å². The van der Waals surface area contributed by atoms with Gasteiger partial charge in [-0.1, -0.05) is 13.0 Å². The first-order valence-electron chi connectivity index (χ1n) is 5.86. The molecule has 0 amide bonds. The lowest BCUT2D eigenvalue weighted by Crippen LogP contribution is -2.36. The zero-order valence-corrected chi connectivity index (χ0v) is 10.2. The number of likely N-dealkylation sites (N-methyl/N-ethyl adjacent to an activating group) is 1. The maximum atomic E-state index is 3.56. The molecule has 0 saturated carbocycles. The van der Waals surface area contributed by atoms with Gasteiger partial charge in [-0.25, -0.2) is 0 Å². The van der Waals surface area contributed by atoms with Gasteiger partial charge in [0.25, 0.3) is 0 Å². The maximum absolute atomic E-state index is 3.56. The molecule has 0 bridgehead atoms. The van der Waals surface area contributed by atoms with Crippen molar-refractivity contribution in [3.05, 3.63) is 22.4 Å². The summed E-state index contributed by atoms with van der Waals surface area (Å²) in [6, 6.07) is 5.10. The van der Waals surface area contributed by atoms with E-state index in [0.29, 0.717) is 0 Å². The molecule has 0 aliphatic carbocycles. The lowest BCUT2D eigenvalue weighted by atomic mass is 10.2. The van der Waals surface area contributed by atoms with E-state index in [-0.39, 0.29) is 0 Å². The summed E-state index contributed by atoms with van der Waals surface area (Å²) >= 11 is 1.86. The summed E-state index contributed by atoms with van der Waals surface area (Å²) < 4.78 is 0. The molecule has 84 valence electrons. The minimum absolute atomic E-state index is 0.727. The second kappa shape index (κ2) is 5.64. The van der Waals surface area contributed by atoms with Gasteiger partial charge in [0.2, 0.25) is 0 Å². The molecule has 2 heterocycles. The normalized spacial score (nSPS) is 21.3. The zero-order valence-electron chi connectivity index (χ0n) is 9.41. The third kappa shape index (κ3) is 3.30. The van der Waals surface area contributed by atoms with Gasteiger partial charge in [0.15, 0.2) is 0 Å². The van der Waals surface area contributed by atoms with Crippen LogP contribution in [-0.2, 0) is 6.54 Å². The standard InChI is InChI=1S/C12H20N2S/c1-2-14(9-11-5-3-7-13-11)10-12-6-4-8-15-12/h4,6,8,11,13H,2-3,5,7,9-10H2,1H3. The van der Waals surface area contributed by atoms with Crippen LogP contribution in [0.2, 0.25) is 0 Å². The van der Waals surface area contributed by atoms with Gasteiger partial charge in [0, 0.05) is 24.0 Å². The minimum Gasteiger partial charge on any atom is -0.313 e. The van der Waals surface area contributed by atoms with Crippen LogP contribution in [0.3, 0.4) is 0 Å². The number of thiophene rings is 1. The van der Waals surface area contributed by atoms with Crippen LogP contribution in [0.4, 0.5) is 0 Å². The highest BCUT2D eigenvalue weighted by molar-refractivity contribution is 7.09. The first kappa shape index (κ1) is 11.1. The highest BCUT2D eigenvalue weighted by atomic mass is 32.1. The molecule has 0 radical (unpaired) electrons. The summed E-state index contributed by atoms with van der Waals surface area (Å²) in [4.78, 5) is 4.02. The largest absolute Gasteiger partial charge is 0.313 e. The molecule has 1 unspecified atom stereocenters. The fourth-order valence-corrected chi connectivity index (χ4v) is 2.90. The van der Waals surface area contributed by atoms with Crippen molar-refractivity contribution in [1.29, 1.82) is 0 Å². The Bertz CT molecular complexity index is 265. The van der Waals surface area contributed by atoms with Crippen LogP contribution in [0.15, 0.2) is 17.5 Å². The molecule has 1 aromatic rings. The Kier molecular flexibility index (Phi) is 4.18. The molecular weight excluding hydrogens is 204 g/mol. The van der Waals surface area contributed by atoms with E-state index in [0.717, 1.165) is 19.1 Å². The van der Waals surface area contributed by atoms with E-state index in [4.69, 9.17) is 0 Å². The molecule has 0 aromatic carbocycles. The van der Waals surface area contributed by atoms with E-state index in [9.17, 15) is 0 Å². The molecule has 2 nitrogen and oxygen atoms in total. The number of hydrogen-bond donors (Lipinski definition) is 1. The van der Waals surface area contributed by atoms with Crippen LogP contribution in [0.5, 0.6) is 0 Å². The Morgan fingerprint density at radius 2 is 2.53 bits per heavy atom. The zero-order chi connectivity index (χ0) is 10.5. The van der Waals surface area contributed by atoms with Gasteiger partial charge in [-0.3, -0.25) is 4.90 Å². The molecule has 1 N–H and O–H groups in total. The van der Waals surface area contributed by atoms with Crippen molar-refractivity contribution < 1.29 is 0 Å². The Labute approximate surface area is 96.3 Å². The molecule has 0 spiro atoms. The van der Waals surface area contributed by atoms with Gasteiger partial charge >= 0.3 is 0 Å². The number of hydrogen-bond acceptors (Lipinski definition) is 3. The van der Waals surface area contributed by atoms with Crippen molar-refractivity contribution in [2.75, 3.05) is 19.6 Å². The van der Waals surface area contributed by atoms with Crippen molar-refractivity contribution in [2.24, 2.45) is 0 Å². The second-order valence-electron chi connectivity index (χ2n) is 4.20. The fourth-order valence-electron chi connectivity index (χ4n) is 2.15. The first-order valence-corrected chi connectivity index (χ1v) is 6.74. The summed E-state index contributed by atoms with van der Waals surface area (Å²) in [5.74, 6) is 0. The second-order valence-corrected chi connectivity index (χ2v) is 5.23. The van der Waals surface area contributed by atoms with E-state index < -0.39 is 0 Å². The van der Waals surface area contributed by atoms with Crippen LogP contribution in [0, 0.1) is 0 Å². The van der Waals surface area contributed by atoms with E-state index in [1.54, 1.807) is 0 Å². The van der Waals surface area contributed by atoms with E-state index in [1.165, 1.54) is 30.8 Å². The summed E-state index contributed by atoms with van der Waals surface area (Å²) in [6.45, 7) is 6.93. The summed E-state index contributed by atoms with van der Waals surface area (Å²) in [5, 5.41) is 5.73. The predicted molar refractivity (Wildman–Crippen MR) is 66.3 cm³/mol. The summed E-state index contributed by atoms with van der Waals surface area (Å²) in [6.07, 6.45) is 2.70.